The first kappa shape index (κ1) is 13.5. The maximum Gasteiger partial charge on any atom is 0.309 e. The van der Waals surface area contributed by atoms with Crippen LogP contribution < -0.4 is 0 Å². The van der Waals surface area contributed by atoms with Crippen LogP contribution in [0.4, 0.5) is 0 Å². The maximum atomic E-state index is 11.1. The Kier molecular flexibility index (Phi) is 6.60. The van der Waals surface area contributed by atoms with Crippen LogP contribution in [0.1, 0.15) is 65.7 Å². The van der Waals surface area contributed by atoms with Crippen molar-refractivity contribution in [1.29, 1.82) is 0 Å². The molecule has 0 aromatic carbocycles. The van der Waals surface area contributed by atoms with Gasteiger partial charge in [-0.25, -0.2) is 0 Å². The van der Waals surface area contributed by atoms with E-state index >= 15 is 0 Å². The van der Waals surface area contributed by atoms with E-state index in [-0.39, 0.29) is 0 Å². The minimum absolute atomic E-state index is 0.451. The lowest BCUT2D eigenvalue weighted by Crippen LogP contribution is -2.29. The van der Waals surface area contributed by atoms with Gasteiger partial charge < -0.3 is 5.11 Å². The topological polar surface area (TPSA) is 37.3 Å². The molecule has 0 spiro atoms. The zero-order valence-electron chi connectivity index (χ0n) is 9.81. The van der Waals surface area contributed by atoms with E-state index in [0.717, 1.165) is 25.7 Å². The third-order valence-corrected chi connectivity index (χ3v) is 3.32. The van der Waals surface area contributed by atoms with Crippen molar-refractivity contribution in [3.05, 3.63) is 0 Å². The van der Waals surface area contributed by atoms with Crippen molar-refractivity contribution in [2.24, 2.45) is 5.41 Å². The fourth-order valence-corrected chi connectivity index (χ4v) is 1.90. The minimum atomic E-state index is -0.612. The molecule has 1 N–H and O–H groups in total. The third kappa shape index (κ3) is 3.69. The summed E-state index contributed by atoms with van der Waals surface area (Å²) in [4.78, 5) is 11.1. The summed E-state index contributed by atoms with van der Waals surface area (Å²) in [6.07, 6.45) is 7.01. The first-order valence-corrected chi connectivity index (χ1v) is 5.86. The largest absolute Gasteiger partial charge is 0.481 e. The van der Waals surface area contributed by atoms with Gasteiger partial charge in [-0.2, -0.15) is 0 Å². The smallest absolute Gasteiger partial charge is 0.309 e. The average Bonchev–Trinajstić information content (AvgIpc) is 2.18. The van der Waals surface area contributed by atoms with Gasteiger partial charge >= 0.3 is 5.97 Å². The van der Waals surface area contributed by atoms with Crippen LogP contribution in [0, 0.1) is 5.41 Å². The van der Waals surface area contributed by atoms with Crippen molar-refractivity contribution >= 4 is 5.97 Å². The maximum absolute atomic E-state index is 11.1. The molecule has 2 nitrogen and oxygen atoms in total. The quantitative estimate of drug-likeness (QED) is 0.604. The number of hydrogen-bond donors (Lipinski definition) is 1. The molecule has 0 atom stereocenters. The predicted molar refractivity (Wildman–Crippen MR) is 59.4 cm³/mol. The molecule has 14 heavy (non-hydrogen) atoms. The highest BCUT2D eigenvalue weighted by Gasteiger charge is 2.33. The second-order valence-electron chi connectivity index (χ2n) is 4.10. The van der Waals surface area contributed by atoms with Crippen molar-refractivity contribution in [2.75, 3.05) is 0 Å². The van der Waals surface area contributed by atoms with E-state index in [1.54, 1.807) is 0 Å². The van der Waals surface area contributed by atoms with Crippen molar-refractivity contribution in [3.8, 4) is 0 Å². The molecule has 0 unspecified atom stereocenters. The lowest BCUT2D eigenvalue weighted by atomic mass is 9.78. The van der Waals surface area contributed by atoms with Crippen molar-refractivity contribution in [2.45, 2.75) is 65.7 Å². The SMILES string of the molecule is CCCCCCC(CC)(CC)C(=O)O. The molecule has 0 saturated carbocycles. The van der Waals surface area contributed by atoms with E-state index < -0.39 is 11.4 Å². The molecular weight excluding hydrogens is 176 g/mol. The zero-order valence-corrected chi connectivity index (χ0v) is 9.81. The van der Waals surface area contributed by atoms with Gasteiger partial charge in [-0.15, -0.1) is 0 Å². The Morgan fingerprint density at radius 3 is 2.00 bits per heavy atom. The summed E-state index contributed by atoms with van der Waals surface area (Å²) in [5, 5.41) is 9.18. The fraction of sp³-hybridized carbons (Fsp3) is 0.917. The number of carboxylic acids is 1. The molecule has 84 valence electrons. The predicted octanol–water partition coefficient (Wildman–Crippen LogP) is 3.85. The molecule has 0 heterocycles. The van der Waals surface area contributed by atoms with Gasteiger partial charge in [0.25, 0.3) is 0 Å². The van der Waals surface area contributed by atoms with E-state index in [1.807, 2.05) is 13.8 Å². The number of unbranched alkanes of at least 4 members (excludes halogenated alkanes) is 3. The first-order chi connectivity index (χ1) is 6.63. The van der Waals surface area contributed by atoms with Crippen LogP contribution in [0.2, 0.25) is 0 Å². The third-order valence-electron chi connectivity index (χ3n) is 3.32. The summed E-state index contributed by atoms with van der Waals surface area (Å²) in [7, 11) is 0. The Labute approximate surface area is 87.7 Å². The monoisotopic (exact) mass is 200 g/mol. The number of aliphatic carboxylic acids is 1. The Hall–Kier alpha value is -0.530. The molecule has 0 bridgehead atoms. The number of carboxylic acid groups (broad SMARTS) is 1. The van der Waals surface area contributed by atoms with Gasteiger partial charge in [-0.05, 0) is 19.3 Å². The first-order valence-electron chi connectivity index (χ1n) is 5.86. The minimum Gasteiger partial charge on any atom is -0.481 e. The standard InChI is InChI=1S/C12H24O2/c1-4-7-8-9-10-12(5-2,6-3)11(13)14/h4-10H2,1-3H3,(H,13,14). The Bertz CT molecular complexity index is 160. The molecule has 0 rings (SSSR count). The van der Waals surface area contributed by atoms with Crippen LogP contribution in [-0.4, -0.2) is 11.1 Å². The summed E-state index contributed by atoms with van der Waals surface area (Å²) < 4.78 is 0. The molecule has 0 fully saturated rings. The lowest BCUT2D eigenvalue weighted by molar-refractivity contribution is -0.150. The number of hydrogen-bond acceptors (Lipinski definition) is 1. The molecular formula is C12H24O2. The Morgan fingerprint density at radius 1 is 1.07 bits per heavy atom. The van der Waals surface area contributed by atoms with E-state index in [9.17, 15) is 9.90 Å². The number of rotatable bonds is 8. The van der Waals surface area contributed by atoms with Crippen LogP contribution in [-0.2, 0) is 4.79 Å². The molecule has 0 aliphatic carbocycles. The molecule has 0 aromatic rings. The number of carbonyl (C=O) groups is 1. The van der Waals surface area contributed by atoms with Crippen molar-refractivity contribution < 1.29 is 9.90 Å². The van der Waals surface area contributed by atoms with Gasteiger partial charge in [0.05, 0.1) is 5.41 Å². The van der Waals surface area contributed by atoms with E-state index in [2.05, 4.69) is 6.92 Å². The van der Waals surface area contributed by atoms with Gasteiger partial charge in [0.1, 0.15) is 0 Å². The normalized spacial score (nSPS) is 11.6. The molecule has 0 amide bonds. The van der Waals surface area contributed by atoms with Crippen LogP contribution in [0.15, 0.2) is 0 Å². The highest BCUT2D eigenvalue weighted by atomic mass is 16.4. The van der Waals surface area contributed by atoms with Crippen LogP contribution in [0.3, 0.4) is 0 Å². The Morgan fingerprint density at radius 2 is 1.64 bits per heavy atom. The van der Waals surface area contributed by atoms with Crippen LogP contribution >= 0.6 is 0 Å². The molecule has 2 heteroatoms. The fourth-order valence-electron chi connectivity index (χ4n) is 1.90. The molecule has 0 radical (unpaired) electrons. The van der Waals surface area contributed by atoms with Gasteiger partial charge in [0.2, 0.25) is 0 Å². The molecule has 0 aromatic heterocycles. The summed E-state index contributed by atoms with van der Waals surface area (Å²) in [5.74, 6) is -0.612. The molecule has 0 aliphatic heterocycles. The summed E-state index contributed by atoms with van der Waals surface area (Å²) >= 11 is 0. The Balaban J connectivity index is 4.02. The average molecular weight is 200 g/mol. The summed E-state index contributed by atoms with van der Waals surface area (Å²) in [6.45, 7) is 6.14. The van der Waals surface area contributed by atoms with Gasteiger partial charge in [0.15, 0.2) is 0 Å². The van der Waals surface area contributed by atoms with Crippen LogP contribution in [0.25, 0.3) is 0 Å². The molecule has 0 aliphatic rings. The lowest BCUT2D eigenvalue weighted by Gasteiger charge is -2.26. The van der Waals surface area contributed by atoms with Gasteiger partial charge in [-0.1, -0.05) is 46.5 Å². The summed E-state index contributed by atoms with van der Waals surface area (Å²) in [6, 6.07) is 0. The van der Waals surface area contributed by atoms with E-state index in [0.29, 0.717) is 0 Å². The summed E-state index contributed by atoms with van der Waals surface area (Å²) in [5.41, 5.74) is -0.451. The van der Waals surface area contributed by atoms with Gasteiger partial charge in [-0.3, -0.25) is 4.79 Å². The van der Waals surface area contributed by atoms with E-state index in [1.165, 1.54) is 19.3 Å². The second-order valence-corrected chi connectivity index (χ2v) is 4.10. The highest BCUT2D eigenvalue weighted by Crippen LogP contribution is 2.33. The van der Waals surface area contributed by atoms with Gasteiger partial charge in [0, 0.05) is 0 Å². The molecule has 0 saturated heterocycles. The highest BCUT2D eigenvalue weighted by molar-refractivity contribution is 5.74. The van der Waals surface area contributed by atoms with Crippen LogP contribution in [0.5, 0.6) is 0 Å². The van der Waals surface area contributed by atoms with E-state index in [4.69, 9.17) is 0 Å². The second kappa shape index (κ2) is 6.86. The zero-order chi connectivity index (χ0) is 11.0. The van der Waals surface area contributed by atoms with Crippen molar-refractivity contribution in [3.63, 3.8) is 0 Å². The van der Waals surface area contributed by atoms with Crippen molar-refractivity contribution in [1.82, 2.24) is 0 Å².